The first-order chi connectivity index (χ1) is 14.9. The fourth-order valence-corrected chi connectivity index (χ4v) is 4.72. The van der Waals surface area contributed by atoms with Gasteiger partial charge in [0.15, 0.2) is 5.16 Å². The maximum atomic E-state index is 12.6. The van der Waals surface area contributed by atoms with Crippen molar-refractivity contribution in [1.29, 1.82) is 0 Å². The highest BCUT2D eigenvalue weighted by Crippen LogP contribution is 2.24. The molecule has 0 radical (unpaired) electrons. The molecule has 9 heteroatoms. The summed E-state index contributed by atoms with van der Waals surface area (Å²) in [6.45, 7) is 12.0. The van der Waals surface area contributed by atoms with Crippen LogP contribution in [0.3, 0.4) is 0 Å². The van der Waals surface area contributed by atoms with Gasteiger partial charge < -0.3 is 14.7 Å². The van der Waals surface area contributed by atoms with E-state index < -0.39 is 0 Å². The number of aromatic nitrogens is 2. The normalized spacial score (nSPS) is 16.5. The minimum absolute atomic E-state index is 0.103. The van der Waals surface area contributed by atoms with E-state index in [0.717, 1.165) is 44.6 Å². The number of anilines is 1. The first-order valence-corrected chi connectivity index (χ1v) is 12.7. The summed E-state index contributed by atoms with van der Waals surface area (Å²) in [5.74, 6) is 1.39. The number of unbranched alkanes of at least 4 members (excludes halogenated alkanes) is 1. The van der Waals surface area contributed by atoms with Gasteiger partial charge in [0.05, 0.1) is 5.75 Å². The molecule has 31 heavy (non-hydrogen) atoms. The van der Waals surface area contributed by atoms with Gasteiger partial charge in [-0.1, -0.05) is 50.6 Å². The van der Waals surface area contributed by atoms with Crippen molar-refractivity contribution >= 4 is 41.0 Å². The van der Waals surface area contributed by atoms with E-state index in [1.165, 1.54) is 11.8 Å². The van der Waals surface area contributed by atoms with Gasteiger partial charge in [0.2, 0.25) is 11.8 Å². The lowest BCUT2D eigenvalue weighted by molar-refractivity contribution is -0.133. The number of rotatable bonds is 11. The van der Waals surface area contributed by atoms with Crippen LogP contribution in [0.5, 0.6) is 0 Å². The Kier molecular flexibility index (Phi) is 10.9. The highest BCUT2D eigenvalue weighted by atomic mass is 35.5. The molecule has 1 aromatic heterocycles. The SMILES string of the molecule is CCCCC(=O)N1CCN(c2cc(Cl)nc(SCC(=O)N(CCC)CCC)n2)CC1C. The summed E-state index contributed by atoms with van der Waals surface area (Å²) in [5, 5.41) is 0.880. The highest BCUT2D eigenvalue weighted by molar-refractivity contribution is 7.99. The van der Waals surface area contributed by atoms with Crippen LogP contribution in [0.1, 0.15) is 59.8 Å². The van der Waals surface area contributed by atoms with Crippen LogP contribution in [0.25, 0.3) is 0 Å². The topological polar surface area (TPSA) is 69.6 Å². The van der Waals surface area contributed by atoms with E-state index in [0.29, 0.717) is 42.1 Å². The molecule has 1 fully saturated rings. The maximum absolute atomic E-state index is 12.6. The molecule has 1 aromatic rings. The molecule has 0 N–H and O–H groups in total. The minimum atomic E-state index is 0.103. The molecule has 2 heterocycles. The number of piperazine rings is 1. The van der Waals surface area contributed by atoms with E-state index in [-0.39, 0.29) is 17.9 Å². The van der Waals surface area contributed by atoms with E-state index in [1.807, 2.05) is 9.80 Å². The van der Waals surface area contributed by atoms with Gasteiger partial charge in [0.1, 0.15) is 11.0 Å². The van der Waals surface area contributed by atoms with Gasteiger partial charge in [0.25, 0.3) is 0 Å². The number of amides is 2. The Balaban J connectivity index is 2.00. The summed E-state index contributed by atoms with van der Waals surface area (Å²) in [4.78, 5) is 40.0. The zero-order valence-electron chi connectivity index (χ0n) is 19.3. The van der Waals surface area contributed by atoms with Gasteiger partial charge in [0, 0.05) is 51.3 Å². The Labute approximate surface area is 195 Å². The molecule has 2 rings (SSSR count). The van der Waals surface area contributed by atoms with Crippen LogP contribution >= 0.6 is 23.4 Å². The Morgan fingerprint density at radius 3 is 2.48 bits per heavy atom. The second-order valence-electron chi connectivity index (χ2n) is 7.99. The number of nitrogens with zero attached hydrogens (tertiary/aromatic N) is 5. The molecule has 1 unspecified atom stereocenters. The summed E-state index contributed by atoms with van der Waals surface area (Å²) in [5.41, 5.74) is 0. The lowest BCUT2D eigenvalue weighted by Crippen LogP contribution is -2.54. The number of hydrogen-bond acceptors (Lipinski definition) is 6. The van der Waals surface area contributed by atoms with Gasteiger partial charge in [-0.15, -0.1) is 0 Å². The van der Waals surface area contributed by atoms with Crippen LogP contribution in [-0.4, -0.2) is 76.1 Å². The third-order valence-electron chi connectivity index (χ3n) is 5.34. The van der Waals surface area contributed by atoms with Crippen molar-refractivity contribution in [3.8, 4) is 0 Å². The number of hydrogen-bond donors (Lipinski definition) is 0. The number of halogens is 1. The molecule has 0 aromatic carbocycles. The first kappa shape index (κ1) is 25.7. The molecule has 0 spiro atoms. The van der Waals surface area contributed by atoms with Crippen LogP contribution in [0.4, 0.5) is 5.82 Å². The smallest absolute Gasteiger partial charge is 0.233 e. The monoisotopic (exact) mass is 469 g/mol. The van der Waals surface area contributed by atoms with Crippen molar-refractivity contribution in [2.45, 2.75) is 71.0 Å². The lowest BCUT2D eigenvalue weighted by atomic mass is 10.1. The molecule has 0 bridgehead atoms. The second-order valence-corrected chi connectivity index (χ2v) is 9.32. The van der Waals surface area contributed by atoms with Crippen LogP contribution in [0, 0.1) is 0 Å². The standard InChI is InChI=1S/C22H36ClN5O2S/c1-5-8-9-20(29)28-13-12-27(15-17(28)4)19-14-18(23)24-22(25-19)31-16-21(30)26(10-6-2)11-7-3/h14,17H,5-13,15-16H2,1-4H3. The Bertz CT molecular complexity index is 730. The van der Waals surface area contributed by atoms with Crippen LogP contribution < -0.4 is 4.90 Å². The lowest BCUT2D eigenvalue weighted by Gasteiger charge is -2.40. The molecular formula is C22H36ClN5O2S. The predicted molar refractivity (Wildman–Crippen MR) is 128 cm³/mol. The van der Waals surface area contributed by atoms with Crippen molar-refractivity contribution in [3.05, 3.63) is 11.2 Å². The summed E-state index contributed by atoms with van der Waals surface area (Å²) in [6.07, 6.45) is 4.46. The van der Waals surface area contributed by atoms with Crippen molar-refractivity contribution in [2.24, 2.45) is 0 Å². The number of carbonyl (C=O) groups is 2. The van der Waals surface area contributed by atoms with Gasteiger partial charge in [-0.2, -0.15) is 0 Å². The molecule has 1 saturated heterocycles. The van der Waals surface area contributed by atoms with Crippen LogP contribution in [0.2, 0.25) is 5.15 Å². The fourth-order valence-electron chi connectivity index (χ4n) is 3.74. The molecule has 174 valence electrons. The summed E-state index contributed by atoms with van der Waals surface area (Å²) in [7, 11) is 0. The summed E-state index contributed by atoms with van der Waals surface area (Å²) >= 11 is 7.60. The predicted octanol–water partition coefficient (Wildman–Crippen LogP) is 4.10. The average molecular weight is 470 g/mol. The van der Waals surface area contributed by atoms with E-state index in [9.17, 15) is 9.59 Å². The van der Waals surface area contributed by atoms with Crippen molar-refractivity contribution < 1.29 is 9.59 Å². The number of thioether (sulfide) groups is 1. The van der Waals surface area contributed by atoms with Crippen LogP contribution in [0.15, 0.2) is 11.2 Å². The molecular weight excluding hydrogens is 434 g/mol. The van der Waals surface area contributed by atoms with Gasteiger partial charge in [-0.25, -0.2) is 9.97 Å². The number of carbonyl (C=O) groups excluding carboxylic acids is 2. The Hall–Kier alpha value is -1.54. The fraction of sp³-hybridized carbons (Fsp3) is 0.727. The van der Waals surface area contributed by atoms with E-state index in [2.05, 4.69) is 42.6 Å². The molecule has 1 aliphatic rings. The third kappa shape index (κ3) is 7.83. The first-order valence-electron chi connectivity index (χ1n) is 11.4. The average Bonchev–Trinajstić information content (AvgIpc) is 2.75. The molecule has 1 aliphatic heterocycles. The molecule has 0 aliphatic carbocycles. The zero-order chi connectivity index (χ0) is 22.8. The van der Waals surface area contributed by atoms with Crippen molar-refractivity contribution in [2.75, 3.05) is 43.4 Å². The summed E-state index contributed by atoms with van der Waals surface area (Å²) < 4.78 is 0. The van der Waals surface area contributed by atoms with Crippen molar-refractivity contribution in [3.63, 3.8) is 0 Å². The Morgan fingerprint density at radius 1 is 1.16 bits per heavy atom. The van der Waals surface area contributed by atoms with Gasteiger partial charge in [-0.3, -0.25) is 9.59 Å². The minimum Gasteiger partial charge on any atom is -0.353 e. The molecule has 7 nitrogen and oxygen atoms in total. The zero-order valence-corrected chi connectivity index (χ0v) is 20.8. The summed E-state index contributed by atoms with van der Waals surface area (Å²) in [6, 6.07) is 1.87. The third-order valence-corrected chi connectivity index (χ3v) is 6.37. The highest BCUT2D eigenvalue weighted by Gasteiger charge is 2.28. The largest absolute Gasteiger partial charge is 0.353 e. The quantitative estimate of drug-likeness (QED) is 0.276. The van der Waals surface area contributed by atoms with E-state index in [4.69, 9.17) is 11.6 Å². The maximum Gasteiger partial charge on any atom is 0.233 e. The van der Waals surface area contributed by atoms with E-state index >= 15 is 0 Å². The van der Waals surface area contributed by atoms with Gasteiger partial charge in [-0.05, 0) is 26.2 Å². The molecule has 1 atom stereocenters. The van der Waals surface area contributed by atoms with Crippen LogP contribution in [-0.2, 0) is 9.59 Å². The van der Waals surface area contributed by atoms with Gasteiger partial charge >= 0.3 is 0 Å². The molecule has 2 amide bonds. The van der Waals surface area contributed by atoms with Crippen molar-refractivity contribution in [1.82, 2.24) is 19.8 Å². The molecule has 0 saturated carbocycles. The Morgan fingerprint density at radius 2 is 1.87 bits per heavy atom. The second kappa shape index (κ2) is 13.1. The van der Waals surface area contributed by atoms with E-state index in [1.54, 1.807) is 6.07 Å².